The van der Waals surface area contributed by atoms with Gasteiger partial charge in [0.25, 0.3) is 0 Å². The number of benzene rings is 2. The first kappa shape index (κ1) is 15.5. The Morgan fingerprint density at radius 1 is 1.00 bits per heavy atom. The van der Waals surface area contributed by atoms with Crippen molar-refractivity contribution in [2.45, 2.75) is 6.92 Å². The van der Waals surface area contributed by atoms with E-state index in [-0.39, 0.29) is 0 Å². The quantitative estimate of drug-likeness (QED) is 0.789. The summed E-state index contributed by atoms with van der Waals surface area (Å²) in [5.41, 5.74) is 2.04. The average Bonchev–Trinajstić information content (AvgIpc) is 2.43. The molecule has 0 saturated carbocycles. The minimum Gasteiger partial charge on any atom is -0.318 e. The number of hydrogen-bond donors (Lipinski definition) is 2. The fourth-order valence-electron chi connectivity index (χ4n) is 1.61. The third-order valence-corrected chi connectivity index (χ3v) is 3.81. The van der Waals surface area contributed by atoms with Crippen LogP contribution in [0.4, 0.5) is 11.4 Å². The molecule has 2 rings (SSSR count). The lowest BCUT2D eigenvalue weighted by atomic mass is 10.2. The van der Waals surface area contributed by atoms with E-state index in [0.717, 1.165) is 10.0 Å². The van der Waals surface area contributed by atoms with E-state index in [1.54, 1.807) is 36.4 Å². The highest BCUT2D eigenvalue weighted by molar-refractivity contribution is 9.10. The highest BCUT2D eigenvalue weighted by Gasteiger charge is 2.14. The van der Waals surface area contributed by atoms with Crippen LogP contribution in [-0.4, -0.2) is 11.8 Å². The maximum absolute atomic E-state index is 11.8. The molecule has 0 aliphatic rings. The van der Waals surface area contributed by atoms with Gasteiger partial charge in [0, 0.05) is 20.9 Å². The Morgan fingerprint density at radius 2 is 1.62 bits per heavy atom. The molecule has 0 bridgehead atoms. The first-order chi connectivity index (χ1) is 9.95. The van der Waals surface area contributed by atoms with E-state index in [0.29, 0.717) is 16.4 Å². The number of hydrogen-bond acceptors (Lipinski definition) is 2. The van der Waals surface area contributed by atoms with Crippen LogP contribution in [0.1, 0.15) is 5.56 Å². The molecule has 0 radical (unpaired) electrons. The first-order valence-electron chi connectivity index (χ1n) is 6.10. The molecule has 0 fully saturated rings. The predicted octanol–water partition coefficient (Wildman–Crippen LogP) is 3.99. The third kappa shape index (κ3) is 4.31. The lowest BCUT2D eigenvalue weighted by Gasteiger charge is -2.08. The number of amides is 2. The summed E-state index contributed by atoms with van der Waals surface area (Å²) in [4.78, 5) is 23.6. The molecule has 2 aromatic carbocycles. The van der Waals surface area contributed by atoms with Gasteiger partial charge < -0.3 is 10.6 Å². The van der Waals surface area contributed by atoms with Gasteiger partial charge in [-0.1, -0.05) is 39.7 Å². The van der Waals surface area contributed by atoms with Crippen LogP contribution in [0.2, 0.25) is 5.02 Å². The molecule has 0 aromatic heterocycles. The fourth-order valence-corrected chi connectivity index (χ4v) is 2.18. The Bertz CT molecular complexity index is 704. The number of halogens is 2. The number of nitrogens with one attached hydrogen (secondary N) is 2. The Hall–Kier alpha value is -1.85. The molecule has 0 aliphatic heterocycles. The summed E-state index contributed by atoms with van der Waals surface area (Å²) in [7, 11) is 0. The second kappa shape index (κ2) is 6.74. The van der Waals surface area contributed by atoms with Crippen molar-refractivity contribution in [1.82, 2.24) is 0 Å². The van der Waals surface area contributed by atoms with Gasteiger partial charge >= 0.3 is 11.8 Å². The summed E-state index contributed by atoms with van der Waals surface area (Å²) in [6.45, 7) is 1.93. The van der Waals surface area contributed by atoms with Crippen LogP contribution in [0.5, 0.6) is 0 Å². The van der Waals surface area contributed by atoms with E-state index in [1.807, 2.05) is 13.0 Å². The summed E-state index contributed by atoms with van der Waals surface area (Å²) >= 11 is 9.18. The standard InChI is InChI=1S/C15H12BrClN2O2/c1-9-5-6-12(8-13(9)16)19-15(21)14(20)18-11-4-2-3-10(17)7-11/h2-8H,1H3,(H,18,20)(H,19,21). The normalized spacial score (nSPS) is 10.0. The van der Waals surface area contributed by atoms with Crippen molar-refractivity contribution in [2.24, 2.45) is 0 Å². The smallest absolute Gasteiger partial charge is 0.314 e. The maximum Gasteiger partial charge on any atom is 0.314 e. The molecule has 2 N–H and O–H groups in total. The Morgan fingerprint density at radius 3 is 2.19 bits per heavy atom. The van der Waals surface area contributed by atoms with Crippen molar-refractivity contribution in [3.05, 3.63) is 57.5 Å². The van der Waals surface area contributed by atoms with Gasteiger partial charge in [-0.2, -0.15) is 0 Å². The zero-order valence-electron chi connectivity index (χ0n) is 11.1. The molecule has 0 heterocycles. The first-order valence-corrected chi connectivity index (χ1v) is 7.27. The molecular weight excluding hydrogens is 356 g/mol. The largest absolute Gasteiger partial charge is 0.318 e. The maximum atomic E-state index is 11.8. The van der Waals surface area contributed by atoms with Gasteiger partial charge in [-0.3, -0.25) is 9.59 Å². The number of carbonyl (C=O) groups excluding carboxylic acids is 2. The van der Waals surface area contributed by atoms with Crippen LogP contribution < -0.4 is 10.6 Å². The summed E-state index contributed by atoms with van der Waals surface area (Å²) in [5, 5.41) is 5.49. The van der Waals surface area contributed by atoms with E-state index in [4.69, 9.17) is 11.6 Å². The highest BCUT2D eigenvalue weighted by Crippen LogP contribution is 2.20. The van der Waals surface area contributed by atoms with E-state index in [2.05, 4.69) is 26.6 Å². The third-order valence-electron chi connectivity index (χ3n) is 2.72. The van der Waals surface area contributed by atoms with Gasteiger partial charge in [0.2, 0.25) is 0 Å². The van der Waals surface area contributed by atoms with Crippen molar-refractivity contribution in [1.29, 1.82) is 0 Å². The highest BCUT2D eigenvalue weighted by atomic mass is 79.9. The molecule has 0 aliphatic carbocycles. The summed E-state index contributed by atoms with van der Waals surface area (Å²) in [6.07, 6.45) is 0. The second-order valence-electron chi connectivity index (χ2n) is 4.38. The van der Waals surface area contributed by atoms with Gasteiger partial charge in [0.05, 0.1) is 0 Å². The number of rotatable bonds is 2. The van der Waals surface area contributed by atoms with Crippen molar-refractivity contribution >= 4 is 50.7 Å². The van der Waals surface area contributed by atoms with E-state index in [9.17, 15) is 9.59 Å². The molecule has 6 heteroatoms. The molecule has 4 nitrogen and oxygen atoms in total. The zero-order valence-corrected chi connectivity index (χ0v) is 13.5. The van der Waals surface area contributed by atoms with Gasteiger partial charge in [-0.25, -0.2) is 0 Å². The minimum atomic E-state index is -0.756. The SMILES string of the molecule is Cc1ccc(NC(=O)C(=O)Nc2cccc(Cl)c2)cc1Br. The van der Waals surface area contributed by atoms with Crippen LogP contribution in [0.25, 0.3) is 0 Å². The van der Waals surface area contributed by atoms with E-state index < -0.39 is 11.8 Å². The van der Waals surface area contributed by atoms with Gasteiger partial charge in [-0.15, -0.1) is 0 Å². The van der Waals surface area contributed by atoms with Crippen molar-refractivity contribution in [3.8, 4) is 0 Å². The molecule has 0 spiro atoms. The van der Waals surface area contributed by atoms with E-state index >= 15 is 0 Å². The zero-order chi connectivity index (χ0) is 15.4. The number of carbonyl (C=O) groups is 2. The van der Waals surface area contributed by atoms with Crippen LogP contribution in [0, 0.1) is 6.92 Å². The molecule has 0 unspecified atom stereocenters. The van der Waals surface area contributed by atoms with Crippen LogP contribution in [-0.2, 0) is 9.59 Å². The predicted molar refractivity (Wildman–Crippen MR) is 87.6 cm³/mol. The van der Waals surface area contributed by atoms with Crippen LogP contribution in [0.3, 0.4) is 0 Å². The molecule has 108 valence electrons. The molecule has 2 aromatic rings. The minimum absolute atomic E-state index is 0.465. The van der Waals surface area contributed by atoms with Gasteiger partial charge in [0.15, 0.2) is 0 Å². The lowest BCUT2D eigenvalue weighted by Crippen LogP contribution is -2.29. The summed E-state index contributed by atoms with van der Waals surface area (Å²) < 4.78 is 0.857. The molecule has 2 amide bonds. The average molecular weight is 368 g/mol. The van der Waals surface area contributed by atoms with Crippen molar-refractivity contribution in [2.75, 3.05) is 10.6 Å². The molecule has 0 saturated heterocycles. The lowest BCUT2D eigenvalue weighted by molar-refractivity contribution is -0.132. The molecule has 21 heavy (non-hydrogen) atoms. The molecule has 0 atom stereocenters. The summed E-state index contributed by atoms with van der Waals surface area (Å²) in [5.74, 6) is -1.50. The Labute approximate surface area is 135 Å². The topological polar surface area (TPSA) is 58.2 Å². The van der Waals surface area contributed by atoms with E-state index in [1.165, 1.54) is 0 Å². The van der Waals surface area contributed by atoms with Crippen LogP contribution >= 0.6 is 27.5 Å². The van der Waals surface area contributed by atoms with Crippen molar-refractivity contribution in [3.63, 3.8) is 0 Å². The second-order valence-corrected chi connectivity index (χ2v) is 5.67. The van der Waals surface area contributed by atoms with Gasteiger partial charge in [-0.05, 0) is 42.8 Å². The Kier molecular flexibility index (Phi) is 4.98. The number of aryl methyl sites for hydroxylation is 1. The molecular formula is C15H12BrClN2O2. The Balaban J connectivity index is 2.02. The summed E-state index contributed by atoms with van der Waals surface area (Å²) in [6, 6.07) is 11.9. The number of anilines is 2. The van der Waals surface area contributed by atoms with Crippen molar-refractivity contribution < 1.29 is 9.59 Å². The van der Waals surface area contributed by atoms with Gasteiger partial charge in [0.1, 0.15) is 0 Å². The monoisotopic (exact) mass is 366 g/mol. The fraction of sp³-hybridized carbons (Fsp3) is 0.0667. The van der Waals surface area contributed by atoms with Crippen LogP contribution in [0.15, 0.2) is 46.9 Å².